The lowest BCUT2D eigenvalue weighted by Crippen LogP contribution is -2.48. The van der Waals surface area contributed by atoms with Crippen LogP contribution in [-0.2, 0) is 25.5 Å². The number of carboxylic acid groups (broad SMARTS) is 1. The van der Waals surface area contributed by atoms with Crippen LogP contribution in [0.3, 0.4) is 0 Å². The maximum atomic E-state index is 13.3. The van der Waals surface area contributed by atoms with Crippen molar-refractivity contribution >= 4 is 29.5 Å². The third-order valence-electron chi connectivity index (χ3n) is 5.41. The van der Waals surface area contributed by atoms with Crippen LogP contribution in [0.4, 0.5) is 5.69 Å². The number of benzene rings is 3. The Morgan fingerprint density at radius 1 is 0.778 bits per heavy atom. The molecule has 0 aromatic heterocycles. The molecule has 8 nitrogen and oxygen atoms in total. The van der Waals surface area contributed by atoms with Crippen LogP contribution in [0.2, 0.25) is 0 Å². The Kier molecular flexibility index (Phi) is 8.57. The van der Waals surface area contributed by atoms with Crippen molar-refractivity contribution < 1.29 is 33.8 Å². The van der Waals surface area contributed by atoms with Crippen LogP contribution in [0.1, 0.15) is 44.3 Å². The van der Waals surface area contributed by atoms with E-state index in [1.807, 2.05) is 6.92 Å². The molecule has 36 heavy (non-hydrogen) atoms. The zero-order chi connectivity index (χ0) is 26.2. The monoisotopic (exact) mass is 489 g/mol. The van der Waals surface area contributed by atoms with Gasteiger partial charge >= 0.3 is 17.9 Å². The second-order valence-electron chi connectivity index (χ2n) is 8.23. The highest BCUT2D eigenvalue weighted by Crippen LogP contribution is 2.19. The number of hydrogen-bond donors (Lipinski definition) is 2. The molecule has 0 aliphatic carbocycles. The average molecular weight is 490 g/mol. The van der Waals surface area contributed by atoms with E-state index in [2.05, 4.69) is 5.32 Å². The van der Waals surface area contributed by atoms with Gasteiger partial charge in [0.2, 0.25) is 12.2 Å². The smallest absolute Gasteiger partial charge is 0.349 e. The van der Waals surface area contributed by atoms with Gasteiger partial charge in [-0.05, 0) is 56.2 Å². The number of esters is 2. The Labute approximate surface area is 208 Å². The number of carbonyl (C=O) groups is 4. The fourth-order valence-electron chi connectivity index (χ4n) is 3.56. The number of aryl methyl sites for hydroxylation is 3. The summed E-state index contributed by atoms with van der Waals surface area (Å²) >= 11 is 0. The molecule has 3 aromatic rings. The number of amides is 1. The van der Waals surface area contributed by atoms with Crippen LogP contribution in [0.5, 0.6) is 0 Å². The quantitative estimate of drug-likeness (QED) is 0.429. The predicted octanol–water partition coefficient (Wildman–Crippen LogP) is 4.34. The summed E-state index contributed by atoms with van der Waals surface area (Å²) in [6.07, 6.45) is -3.47. The van der Waals surface area contributed by atoms with E-state index in [0.29, 0.717) is 12.1 Å². The van der Waals surface area contributed by atoms with Crippen molar-refractivity contribution in [1.29, 1.82) is 0 Å². The zero-order valence-corrected chi connectivity index (χ0v) is 20.2. The summed E-state index contributed by atoms with van der Waals surface area (Å²) < 4.78 is 10.6. The van der Waals surface area contributed by atoms with E-state index in [1.54, 1.807) is 62.4 Å². The molecule has 0 unspecified atom stereocenters. The van der Waals surface area contributed by atoms with Gasteiger partial charge in [0.25, 0.3) is 5.91 Å². The summed E-state index contributed by atoms with van der Waals surface area (Å²) in [5, 5.41) is 12.5. The molecule has 0 saturated heterocycles. The van der Waals surface area contributed by atoms with E-state index >= 15 is 0 Å². The minimum absolute atomic E-state index is 0.0988. The molecule has 2 atom stereocenters. The Balaban J connectivity index is 1.95. The Morgan fingerprint density at radius 2 is 1.31 bits per heavy atom. The Hall–Kier alpha value is -4.46. The minimum atomic E-state index is -2.10. The molecule has 0 bridgehead atoms. The first-order valence-electron chi connectivity index (χ1n) is 11.4. The van der Waals surface area contributed by atoms with E-state index < -0.39 is 36.0 Å². The number of nitrogens with one attached hydrogen (secondary N) is 1. The molecule has 0 spiro atoms. The summed E-state index contributed by atoms with van der Waals surface area (Å²) in [7, 11) is 0. The lowest BCUT2D eigenvalue weighted by atomic mass is 10.1. The van der Waals surface area contributed by atoms with E-state index in [1.165, 1.54) is 24.3 Å². The van der Waals surface area contributed by atoms with Gasteiger partial charge in [-0.15, -0.1) is 0 Å². The van der Waals surface area contributed by atoms with Gasteiger partial charge < -0.3 is 19.9 Å². The summed E-state index contributed by atoms with van der Waals surface area (Å²) in [5.41, 5.74) is 2.96. The molecule has 0 aliphatic rings. The highest BCUT2D eigenvalue weighted by atomic mass is 16.6. The molecule has 3 aromatic carbocycles. The number of ether oxygens (including phenoxy) is 2. The van der Waals surface area contributed by atoms with E-state index in [-0.39, 0.29) is 11.1 Å². The normalized spacial score (nSPS) is 12.2. The first-order chi connectivity index (χ1) is 17.2. The average Bonchev–Trinajstić information content (AvgIpc) is 2.86. The molecule has 2 N–H and O–H groups in total. The van der Waals surface area contributed by atoms with Gasteiger partial charge in [-0.25, -0.2) is 14.4 Å². The molecule has 0 heterocycles. The minimum Gasteiger partial charge on any atom is -0.478 e. The molecule has 8 heteroatoms. The van der Waals surface area contributed by atoms with Gasteiger partial charge in [-0.3, -0.25) is 4.79 Å². The van der Waals surface area contributed by atoms with Gasteiger partial charge in [0.15, 0.2) is 0 Å². The van der Waals surface area contributed by atoms with E-state index in [4.69, 9.17) is 9.47 Å². The van der Waals surface area contributed by atoms with Gasteiger partial charge in [0.05, 0.1) is 11.1 Å². The maximum absolute atomic E-state index is 13.3. The van der Waals surface area contributed by atoms with Crippen molar-refractivity contribution in [2.75, 3.05) is 5.32 Å². The number of rotatable bonds is 9. The molecule has 0 radical (unpaired) electrons. The molecule has 0 fully saturated rings. The number of hydrogen-bond acceptors (Lipinski definition) is 6. The fourth-order valence-corrected chi connectivity index (χ4v) is 3.56. The van der Waals surface area contributed by atoms with Crippen LogP contribution in [0, 0.1) is 13.8 Å². The standard InChI is InChI=1S/C28H27NO7/c1-4-19-11-5-6-14-22(19)29-25(30)23(35-27(33)20-12-7-9-17(2)15-20)24(26(31)32)36-28(34)21-13-8-10-18(3)16-21/h5-16,23-24H,4H2,1-3H3,(H,29,30)(H,31,32)/t23-,24-/m0/s1. The van der Waals surface area contributed by atoms with Crippen molar-refractivity contribution in [3.8, 4) is 0 Å². The maximum Gasteiger partial charge on any atom is 0.349 e. The Bertz CT molecular complexity index is 1280. The van der Waals surface area contributed by atoms with Crippen LogP contribution in [-0.4, -0.2) is 41.1 Å². The van der Waals surface area contributed by atoms with Gasteiger partial charge in [0, 0.05) is 5.69 Å². The number of carboxylic acids is 1. The summed E-state index contributed by atoms with van der Waals surface area (Å²) in [6, 6.07) is 19.7. The van der Waals surface area contributed by atoms with Crippen molar-refractivity contribution in [2.45, 2.75) is 39.4 Å². The third kappa shape index (κ3) is 6.56. The molecular weight excluding hydrogens is 462 g/mol. The molecule has 186 valence electrons. The summed E-state index contributed by atoms with van der Waals surface area (Å²) in [6.45, 7) is 5.42. The van der Waals surface area contributed by atoms with E-state index in [9.17, 15) is 24.3 Å². The second kappa shape index (κ2) is 11.8. The number of para-hydroxylation sites is 1. The summed E-state index contributed by atoms with van der Waals surface area (Å²) in [5.74, 6) is -4.48. The number of anilines is 1. The van der Waals surface area contributed by atoms with Crippen molar-refractivity contribution in [1.82, 2.24) is 0 Å². The van der Waals surface area contributed by atoms with Crippen LogP contribution in [0.15, 0.2) is 72.8 Å². The molecule has 0 saturated carbocycles. The SMILES string of the molecule is CCc1ccccc1NC(=O)[C@@H](OC(=O)c1cccc(C)c1)[C@H](OC(=O)c1cccc(C)c1)C(=O)O. The van der Waals surface area contributed by atoms with Gasteiger partial charge in [0.1, 0.15) is 0 Å². The van der Waals surface area contributed by atoms with E-state index in [0.717, 1.165) is 16.7 Å². The molecular formula is C28H27NO7. The van der Waals surface area contributed by atoms with Gasteiger partial charge in [-0.1, -0.05) is 60.5 Å². The zero-order valence-electron chi connectivity index (χ0n) is 20.2. The van der Waals surface area contributed by atoms with Crippen molar-refractivity contribution in [3.05, 3.63) is 101 Å². The molecule has 3 rings (SSSR count). The van der Waals surface area contributed by atoms with Crippen molar-refractivity contribution in [2.24, 2.45) is 0 Å². The lowest BCUT2D eigenvalue weighted by molar-refractivity contribution is -0.157. The highest BCUT2D eigenvalue weighted by molar-refractivity contribution is 6.01. The first-order valence-corrected chi connectivity index (χ1v) is 11.4. The summed E-state index contributed by atoms with van der Waals surface area (Å²) in [4.78, 5) is 51.1. The van der Waals surface area contributed by atoms with Gasteiger partial charge in [-0.2, -0.15) is 0 Å². The molecule has 0 aliphatic heterocycles. The lowest BCUT2D eigenvalue weighted by Gasteiger charge is -2.24. The highest BCUT2D eigenvalue weighted by Gasteiger charge is 2.41. The third-order valence-corrected chi connectivity index (χ3v) is 5.41. The van der Waals surface area contributed by atoms with Crippen molar-refractivity contribution in [3.63, 3.8) is 0 Å². The Morgan fingerprint density at radius 3 is 1.81 bits per heavy atom. The predicted molar refractivity (Wildman–Crippen MR) is 133 cm³/mol. The topological polar surface area (TPSA) is 119 Å². The van der Waals surface area contributed by atoms with Crippen LogP contribution >= 0.6 is 0 Å². The van der Waals surface area contributed by atoms with Crippen LogP contribution in [0.25, 0.3) is 0 Å². The first kappa shape index (κ1) is 26.2. The fraction of sp³-hybridized carbons (Fsp3) is 0.214. The number of aliphatic carboxylic acids is 1. The molecule has 1 amide bonds. The second-order valence-corrected chi connectivity index (χ2v) is 8.23. The largest absolute Gasteiger partial charge is 0.478 e. The number of carbonyl (C=O) groups excluding carboxylic acids is 3. The van der Waals surface area contributed by atoms with Crippen LogP contribution < -0.4 is 5.32 Å².